The van der Waals surface area contributed by atoms with Crippen LogP contribution in [-0.2, 0) is 0 Å². The number of hydrogen-bond acceptors (Lipinski definition) is 3. The maximum Gasteiger partial charge on any atom is 0.269 e. The Balaban J connectivity index is 1.58. The van der Waals surface area contributed by atoms with Crippen LogP contribution in [0.3, 0.4) is 0 Å². The number of amides is 1. The van der Waals surface area contributed by atoms with Gasteiger partial charge in [-0.05, 0) is 45.0 Å². The summed E-state index contributed by atoms with van der Waals surface area (Å²) in [5.74, 6) is -0.0684. The second-order valence-corrected chi connectivity index (χ2v) is 4.48. The summed E-state index contributed by atoms with van der Waals surface area (Å²) in [6.45, 7) is 4.25. The van der Waals surface area contributed by atoms with Gasteiger partial charge in [0.15, 0.2) is 0 Å². The molecule has 1 aromatic heterocycles. The van der Waals surface area contributed by atoms with Crippen molar-refractivity contribution in [2.24, 2.45) is 0 Å². The molecule has 0 aliphatic carbocycles. The van der Waals surface area contributed by atoms with Crippen molar-refractivity contribution in [1.82, 2.24) is 20.4 Å². The molecule has 2 rings (SSSR count). The van der Waals surface area contributed by atoms with Gasteiger partial charge in [-0.2, -0.15) is 5.10 Å². The maximum atomic E-state index is 11.6. The average molecular weight is 236 g/mol. The molecular formula is C12H20N4O. The summed E-state index contributed by atoms with van der Waals surface area (Å²) in [6, 6.07) is 1.68. The third-order valence-corrected chi connectivity index (χ3v) is 3.13. The molecule has 5 heteroatoms. The maximum absolute atomic E-state index is 11.6. The Morgan fingerprint density at radius 3 is 2.94 bits per heavy atom. The fourth-order valence-electron chi connectivity index (χ4n) is 2.17. The summed E-state index contributed by atoms with van der Waals surface area (Å²) in [5.41, 5.74) is 0.531. The summed E-state index contributed by atoms with van der Waals surface area (Å²) in [7, 11) is 0. The molecular weight excluding hydrogens is 216 g/mol. The van der Waals surface area contributed by atoms with E-state index in [-0.39, 0.29) is 5.91 Å². The molecule has 0 saturated carbocycles. The van der Waals surface area contributed by atoms with E-state index in [1.807, 2.05) is 0 Å². The van der Waals surface area contributed by atoms with Crippen molar-refractivity contribution < 1.29 is 4.79 Å². The van der Waals surface area contributed by atoms with Crippen LogP contribution in [0, 0.1) is 0 Å². The van der Waals surface area contributed by atoms with E-state index in [1.165, 1.54) is 32.4 Å². The molecule has 17 heavy (non-hydrogen) atoms. The molecule has 1 saturated heterocycles. The van der Waals surface area contributed by atoms with Gasteiger partial charge >= 0.3 is 0 Å². The van der Waals surface area contributed by atoms with Crippen molar-refractivity contribution in [1.29, 1.82) is 0 Å². The van der Waals surface area contributed by atoms with Crippen LogP contribution in [0.5, 0.6) is 0 Å². The monoisotopic (exact) mass is 236 g/mol. The van der Waals surface area contributed by atoms with Crippen LogP contribution >= 0.6 is 0 Å². The van der Waals surface area contributed by atoms with Crippen LogP contribution in [0.2, 0.25) is 0 Å². The number of nitrogens with zero attached hydrogens (tertiary/aromatic N) is 2. The highest BCUT2D eigenvalue weighted by atomic mass is 16.1. The quantitative estimate of drug-likeness (QED) is 0.750. The standard InChI is InChI=1S/C12H20N4O/c17-12(11-5-7-14-15-11)13-6-4-10-16-8-2-1-3-9-16/h5,7H,1-4,6,8-10H2,(H,13,17)(H,14,15). The summed E-state index contributed by atoms with van der Waals surface area (Å²) in [6.07, 6.45) is 6.61. The van der Waals surface area contributed by atoms with Crippen molar-refractivity contribution in [3.8, 4) is 0 Å². The minimum atomic E-state index is -0.0684. The van der Waals surface area contributed by atoms with Crippen LogP contribution in [0.1, 0.15) is 36.2 Å². The third kappa shape index (κ3) is 3.85. The molecule has 1 aromatic rings. The van der Waals surface area contributed by atoms with E-state index < -0.39 is 0 Å². The van der Waals surface area contributed by atoms with E-state index in [1.54, 1.807) is 12.3 Å². The molecule has 0 radical (unpaired) electrons. The molecule has 0 unspecified atom stereocenters. The normalized spacial score (nSPS) is 16.9. The summed E-state index contributed by atoms with van der Waals surface area (Å²) >= 11 is 0. The number of piperidine rings is 1. The van der Waals surface area contributed by atoms with Crippen LogP contribution in [-0.4, -0.2) is 47.2 Å². The number of carbonyl (C=O) groups excluding carboxylic acids is 1. The number of rotatable bonds is 5. The molecule has 1 aliphatic heterocycles. The van der Waals surface area contributed by atoms with E-state index >= 15 is 0 Å². The largest absolute Gasteiger partial charge is 0.351 e. The molecule has 0 atom stereocenters. The number of H-pyrrole nitrogens is 1. The Kier molecular flexibility index (Phi) is 4.55. The fourth-order valence-corrected chi connectivity index (χ4v) is 2.17. The van der Waals surface area contributed by atoms with E-state index in [0.29, 0.717) is 5.69 Å². The van der Waals surface area contributed by atoms with Gasteiger partial charge in [0.25, 0.3) is 5.91 Å². The van der Waals surface area contributed by atoms with Gasteiger partial charge in [-0.25, -0.2) is 0 Å². The average Bonchev–Trinajstić information content (AvgIpc) is 2.89. The zero-order chi connectivity index (χ0) is 11.9. The van der Waals surface area contributed by atoms with Gasteiger partial charge in [0.1, 0.15) is 5.69 Å². The number of likely N-dealkylation sites (tertiary alicyclic amines) is 1. The lowest BCUT2D eigenvalue weighted by atomic mass is 10.1. The molecule has 0 aromatic carbocycles. The van der Waals surface area contributed by atoms with Gasteiger partial charge in [0.05, 0.1) is 0 Å². The van der Waals surface area contributed by atoms with Crippen LogP contribution in [0.25, 0.3) is 0 Å². The Bertz CT molecular complexity index is 330. The predicted molar refractivity (Wildman–Crippen MR) is 65.8 cm³/mol. The molecule has 2 heterocycles. The van der Waals surface area contributed by atoms with Gasteiger partial charge in [-0.15, -0.1) is 0 Å². The number of aromatic amines is 1. The Labute approximate surface area is 102 Å². The molecule has 5 nitrogen and oxygen atoms in total. The molecule has 0 spiro atoms. The van der Waals surface area contributed by atoms with Gasteiger partial charge < -0.3 is 10.2 Å². The minimum Gasteiger partial charge on any atom is -0.351 e. The first-order valence-electron chi connectivity index (χ1n) is 6.36. The lowest BCUT2D eigenvalue weighted by Crippen LogP contribution is -2.33. The molecule has 94 valence electrons. The zero-order valence-corrected chi connectivity index (χ0v) is 10.1. The number of hydrogen-bond donors (Lipinski definition) is 2. The van der Waals surface area contributed by atoms with Crippen LogP contribution < -0.4 is 5.32 Å². The summed E-state index contributed by atoms with van der Waals surface area (Å²) in [5, 5.41) is 9.29. The van der Waals surface area contributed by atoms with Gasteiger partial charge in [0, 0.05) is 12.7 Å². The highest BCUT2D eigenvalue weighted by molar-refractivity contribution is 5.91. The highest BCUT2D eigenvalue weighted by Crippen LogP contribution is 2.08. The van der Waals surface area contributed by atoms with E-state index in [4.69, 9.17) is 0 Å². The summed E-state index contributed by atoms with van der Waals surface area (Å²) < 4.78 is 0. The van der Waals surface area contributed by atoms with Crippen molar-refractivity contribution in [2.45, 2.75) is 25.7 Å². The summed E-state index contributed by atoms with van der Waals surface area (Å²) in [4.78, 5) is 14.0. The van der Waals surface area contributed by atoms with Crippen molar-refractivity contribution in [3.63, 3.8) is 0 Å². The molecule has 1 aliphatic rings. The lowest BCUT2D eigenvalue weighted by molar-refractivity contribution is 0.0946. The first-order chi connectivity index (χ1) is 8.36. The second-order valence-electron chi connectivity index (χ2n) is 4.48. The fraction of sp³-hybridized carbons (Fsp3) is 0.667. The molecule has 2 N–H and O–H groups in total. The lowest BCUT2D eigenvalue weighted by Gasteiger charge is -2.26. The van der Waals surface area contributed by atoms with Crippen molar-refractivity contribution in [2.75, 3.05) is 26.2 Å². The van der Waals surface area contributed by atoms with Gasteiger partial charge in [-0.1, -0.05) is 6.42 Å². The number of aromatic nitrogens is 2. The zero-order valence-electron chi connectivity index (χ0n) is 10.1. The topological polar surface area (TPSA) is 61.0 Å². The number of nitrogens with one attached hydrogen (secondary N) is 2. The van der Waals surface area contributed by atoms with Crippen molar-refractivity contribution >= 4 is 5.91 Å². The first-order valence-corrected chi connectivity index (χ1v) is 6.36. The Morgan fingerprint density at radius 2 is 2.24 bits per heavy atom. The molecule has 1 amide bonds. The Morgan fingerprint density at radius 1 is 1.41 bits per heavy atom. The number of carbonyl (C=O) groups is 1. The second kappa shape index (κ2) is 6.39. The highest BCUT2D eigenvalue weighted by Gasteiger charge is 2.09. The molecule has 0 bridgehead atoms. The Hall–Kier alpha value is -1.36. The van der Waals surface area contributed by atoms with E-state index in [9.17, 15) is 4.79 Å². The van der Waals surface area contributed by atoms with E-state index in [2.05, 4.69) is 20.4 Å². The van der Waals surface area contributed by atoms with Crippen LogP contribution in [0.15, 0.2) is 12.3 Å². The van der Waals surface area contributed by atoms with Gasteiger partial charge in [0.2, 0.25) is 0 Å². The third-order valence-electron chi connectivity index (χ3n) is 3.13. The smallest absolute Gasteiger partial charge is 0.269 e. The minimum absolute atomic E-state index is 0.0684. The SMILES string of the molecule is O=C(NCCCN1CCCCC1)c1ccn[nH]1. The van der Waals surface area contributed by atoms with E-state index in [0.717, 1.165) is 19.5 Å². The van der Waals surface area contributed by atoms with Gasteiger partial charge in [-0.3, -0.25) is 9.89 Å². The molecule has 1 fully saturated rings. The van der Waals surface area contributed by atoms with Crippen molar-refractivity contribution in [3.05, 3.63) is 18.0 Å². The predicted octanol–water partition coefficient (Wildman–Crippen LogP) is 1.02. The first kappa shape index (κ1) is 12.1. The van der Waals surface area contributed by atoms with Crippen LogP contribution in [0.4, 0.5) is 0 Å².